The van der Waals surface area contributed by atoms with Crippen LogP contribution in [0.5, 0.6) is 5.75 Å². The van der Waals surface area contributed by atoms with Gasteiger partial charge in [-0.1, -0.05) is 42.5 Å². The summed E-state index contributed by atoms with van der Waals surface area (Å²) in [4.78, 5) is 44.0. The first kappa shape index (κ1) is 31.1. The van der Waals surface area contributed by atoms with Gasteiger partial charge in [0.05, 0.1) is 24.8 Å². The molecule has 0 unspecified atom stereocenters. The minimum absolute atomic E-state index is 0.00948. The third kappa shape index (κ3) is 4.60. The predicted molar refractivity (Wildman–Crippen MR) is 173 cm³/mol. The van der Waals surface area contributed by atoms with Crippen LogP contribution in [-0.4, -0.2) is 99.7 Å². The van der Waals surface area contributed by atoms with Crippen LogP contribution in [0.3, 0.4) is 0 Å². The largest absolute Gasteiger partial charge is 0.510 e. The van der Waals surface area contributed by atoms with Crippen LogP contribution in [0.2, 0.25) is 0 Å². The topological polar surface area (TPSA) is 174 Å². The number of amides is 1. The van der Waals surface area contributed by atoms with E-state index in [9.17, 15) is 34.8 Å². The van der Waals surface area contributed by atoms with Gasteiger partial charge in [0, 0.05) is 31.1 Å². The maximum Gasteiger partial charge on any atom is 0.255 e. The maximum absolute atomic E-state index is 14.2. The van der Waals surface area contributed by atoms with Gasteiger partial charge < -0.3 is 30.9 Å². The fraction of sp³-hybridized carbons (Fsp3) is 0.361. The third-order valence-electron chi connectivity index (χ3n) is 10.4. The number of carbonyl (C=O) groups is 3. The third-order valence-corrected chi connectivity index (χ3v) is 10.4. The summed E-state index contributed by atoms with van der Waals surface area (Å²) in [5.41, 5.74) is 5.13. The first-order valence-corrected chi connectivity index (χ1v) is 15.8. The van der Waals surface area contributed by atoms with E-state index >= 15 is 0 Å². The van der Waals surface area contributed by atoms with Crippen LogP contribution in [0.15, 0.2) is 71.2 Å². The maximum atomic E-state index is 14.2. The second-order valence-corrected chi connectivity index (χ2v) is 13.2. The Labute approximate surface area is 271 Å². The van der Waals surface area contributed by atoms with Gasteiger partial charge in [0.15, 0.2) is 11.4 Å². The Hall–Kier alpha value is -4.55. The molecule has 1 aliphatic heterocycles. The molecule has 0 saturated carbocycles. The Morgan fingerprint density at radius 1 is 1.00 bits per heavy atom. The highest BCUT2D eigenvalue weighted by molar-refractivity contribution is 6.25. The van der Waals surface area contributed by atoms with Crippen molar-refractivity contribution in [3.8, 4) is 16.9 Å². The molecule has 244 valence electrons. The lowest BCUT2D eigenvalue weighted by atomic mass is 9.58. The number of allylic oxidation sites excluding steroid dienone is 1. The molecule has 1 heterocycles. The average Bonchev–Trinajstić information content (AvgIpc) is 3.03. The van der Waals surface area contributed by atoms with Gasteiger partial charge in [-0.15, -0.1) is 0 Å². The summed E-state index contributed by atoms with van der Waals surface area (Å²) >= 11 is 0. The van der Waals surface area contributed by atoms with E-state index in [0.29, 0.717) is 18.8 Å². The number of benzene rings is 3. The van der Waals surface area contributed by atoms with Crippen LogP contribution in [0.25, 0.3) is 21.9 Å². The molecule has 11 nitrogen and oxygen atoms in total. The van der Waals surface area contributed by atoms with Crippen molar-refractivity contribution in [3.63, 3.8) is 0 Å². The zero-order valence-corrected chi connectivity index (χ0v) is 26.2. The van der Waals surface area contributed by atoms with Gasteiger partial charge >= 0.3 is 0 Å². The number of ether oxygens (including phenoxy) is 1. The lowest BCUT2D eigenvalue weighted by Gasteiger charge is -2.50. The van der Waals surface area contributed by atoms with E-state index in [0.717, 1.165) is 47.1 Å². The normalized spacial score (nSPS) is 26.4. The fourth-order valence-corrected chi connectivity index (χ4v) is 8.24. The number of Topliss-reactive ketones (excluding diaryl/α,β-unsaturated/α-hetero) is 2. The molecule has 3 aliphatic carbocycles. The number of phenols is 1. The van der Waals surface area contributed by atoms with Crippen molar-refractivity contribution in [2.24, 2.45) is 17.6 Å². The minimum Gasteiger partial charge on any atom is -0.510 e. The van der Waals surface area contributed by atoms with Gasteiger partial charge in [-0.3, -0.25) is 24.2 Å². The van der Waals surface area contributed by atoms with Crippen LogP contribution in [-0.2, 0) is 27.3 Å². The smallest absolute Gasteiger partial charge is 0.255 e. The van der Waals surface area contributed by atoms with E-state index in [1.165, 1.54) is 6.07 Å². The van der Waals surface area contributed by atoms with Crippen molar-refractivity contribution in [1.29, 1.82) is 0 Å². The summed E-state index contributed by atoms with van der Waals surface area (Å²) in [5.74, 6) is -6.72. The molecule has 1 saturated heterocycles. The molecule has 4 aliphatic rings. The summed E-state index contributed by atoms with van der Waals surface area (Å²) in [6.45, 7) is 3.85. The first-order valence-electron chi connectivity index (χ1n) is 15.8. The van der Waals surface area contributed by atoms with Crippen LogP contribution in [0, 0.1) is 11.8 Å². The summed E-state index contributed by atoms with van der Waals surface area (Å²) in [5, 5.41) is 47.7. The highest BCUT2D eigenvalue weighted by Gasteiger charge is 2.63. The number of morpholine rings is 1. The van der Waals surface area contributed by atoms with Crippen molar-refractivity contribution in [2.75, 3.05) is 40.4 Å². The number of aliphatic hydroxyl groups excluding tert-OH is 2. The number of rotatable bonds is 5. The SMILES string of the molecule is CN(C)[C@@H]1C(O)=C(C(N)=O)C(=O)[C@@]2(O)C(O)=C3C(=O)c4c(O)ccc(-c5ccc(CN6CCOCC6)c6ccccc56)c4C[C@H]3C[C@H]12. The molecule has 0 radical (unpaired) electrons. The number of aliphatic hydroxyl groups is 3. The van der Waals surface area contributed by atoms with E-state index in [-0.39, 0.29) is 29.7 Å². The number of carbonyl (C=O) groups excluding carboxylic acids is 3. The zero-order chi connectivity index (χ0) is 33.4. The number of nitrogens with zero attached hydrogens (tertiary/aromatic N) is 2. The van der Waals surface area contributed by atoms with Crippen LogP contribution < -0.4 is 5.73 Å². The Kier molecular flexibility index (Phi) is 7.47. The number of likely N-dealkylation sites (N-methyl/N-ethyl adjacent to an activating group) is 1. The van der Waals surface area contributed by atoms with Crippen LogP contribution in [0.1, 0.15) is 27.9 Å². The van der Waals surface area contributed by atoms with Gasteiger partial charge in [-0.05, 0) is 71.9 Å². The molecule has 11 heteroatoms. The molecule has 6 N–H and O–H groups in total. The van der Waals surface area contributed by atoms with Crippen LogP contribution in [0.4, 0.5) is 0 Å². The van der Waals surface area contributed by atoms with Gasteiger partial charge in [0.25, 0.3) is 5.91 Å². The van der Waals surface area contributed by atoms with Crippen molar-refractivity contribution >= 4 is 28.2 Å². The number of aromatic hydroxyl groups is 1. The highest BCUT2D eigenvalue weighted by atomic mass is 16.5. The number of hydrogen-bond donors (Lipinski definition) is 5. The number of nitrogens with two attached hydrogens (primary N) is 1. The van der Waals surface area contributed by atoms with Gasteiger partial charge in [-0.25, -0.2) is 0 Å². The minimum atomic E-state index is -2.68. The van der Waals surface area contributed by atoms with Crippen LogP contribution >= 0.6 is 0 Å². The quantitative estimate of drug-likeness (QED) is 0.261. The number of fused-ring (bicyclic) bond motifs is 4. The number of hydrogen-bond acceptors (Lipinski definition) is 10. The van der Waals surface area contributed by atoms with Crippen molar-refractivity contribution in [1.82, 2.24) is 9.80 Å². The molecule has 1 amide bonds. The van der Waals surface area contributed by atoms with Crippen molar-refractivity contribution in [2.45, 2.75) is 31.0 Å². The van der Waals surface area contributed by atoms with Gasteiger partial charge in [0.2, 0.25) is 5.78 Å². The second-order valence-electron chi connectivity index (χ2n) is 13.2. The number of primary amides is 1. The van der Waals surface area contributed by atoms with Gasteiger partial charge in [-0.2, -0.15) is 0 Å². The Morgan fingerprint density at radius 2 is 1.68 bits per heavy atom. The molecular weight excluding hydrogens is 602 g/mol. The standard InChI is InChI=1S/C36H37N3O8/c1-38(2)30-25-16-19-15-24-23(22-8-7-18(17-39-11-13-47-14-12-39)20-5-3-4-6-21(20)22)9-10-26(40)28(24)31(41)27(19)33(43)36(25,46)34(44)29(32(30)42)35(37)45/h3-10,19,25,30,40,42-43,46H,11-17H2,1-2H3,(H2,37,45)/t19-,25+,30-,36-/m0/s1. The molecule has 3 aromatic carbocycles. The molecule has 47 heavy (non-hydrogen) atoms. The summed E-state index contributed by atoms with van der Waals surface area (Å²) in [6, 6.07) is 14.4. The van der Waals surface area contributed by atoms with E-state index in [4.69, 9.17) is 10.5 Å². The summed E-state index contributed by atoms with van der Waals surface area (Å²) in [7, 11) is 3.22. The Morgan fingerprint density at radius 3 is 2.36 bits per heavy atom. The monoisotopic (exact) mass is 639 g/mol. The molecule has 0 bridgehead atoms. The van der Waals surface area contributed by atoms with E-state index in [1.54, 1.807) is 25.1 Å². The van der Waals surface area contributed by atoms with Crippen molar-refractivity contribution in [3.05, 3.63) is 87.9 Å². The lowest BCUT2D eigenvalue weighted by molar-refractivity contribution is -0.148. The van der Waals surface area contributed by atoms with E-state index < -0.39 is 58.0 Å². The molecule has 7 rings (SSSR count). The van der Waals surface area contributed by atoms with E-state index in [2.05, 4.69) is 17.0 Å². The number of ketones is 2. The highest BCUT2D eigenvalue weighted by Crippen LogP contribution is 2.53. The lowest BCUT2D eigenvalue weighted by Crippen LogP contribution is -2.63. The molecular formula is C36H37N3O8. The number of phenolic OH excluding ortho intramolecular Hbond substituents is 1. The summed E-state index contributed by atoms with van der Waals surface area (Å²) < 4.78 is 5.52. The van der Waals surface area contributed by atoms with E-state index in [1.807, 2.05) is 24.3 Å². The summed E-state index contributed by atoms with van der Waals surface area (Å²) in [6.07, 6.45) is 0.238. The molecule has 4 atom stereocenters. The fourth-order valence-electron chi connectivity index (χ4n) is 8.24. The van der Waals surface area contributed by atoms with Gasteiger partial charge in [0.1, 0.15) is 22.8 Å². The second kappa shape index (κ2) is 11.3. The molecule has 0 aromatic heterocycles. The first-order chi connectivity index (χ1) is 22.4. The average molecular weight is 640 g/mol. The Balaban J connectivity index is 1.36. The molecule has 1 fully saturated rings. The predicted octanol–water partition coefficient (Wildman–Crippen LogP) is 2.77. The Bertz CT molecular complexity index is 1920. The van der Waals surface area contributed by atoms with Crippen molar-refractivity contribution < 1.29 is 39.5 Å². The zero-order valence-electron chi connectivity index (χ0n) is 26.2. The molecule has 0 spiro atoms. The molecule has 3 aromatic rings.